The van der Waals surface area contributed by atoms with Crippen LogP contribution >= 0.6 is 12.2 Å². The Morgan fingerprint density at radius 1 is 0.973 bits per heavy atom. The third-order valence-corrected chi connectivity index (χ3v) is 8.11. The monoisotopic (exact) mass is 528 g/mol. The third kappa shape index (κ3) is 6.48. The van der Waals surface area contributed by atoms with Crippen molar-refractivity contribution in [1.82, 2.24) is 15.3 Å². The molecule has 200 valence electrons. The minimum absolute atomic E-state index is 0.177. The molecule has 0 saturated carbocycles. The van der Waals surface area contributed by atoms with E-state index >= 15 is 0 Å². The van der Waals surface area contributed by atoms with Gasteiger partial charge >= 0.3 is 0 Å². The fourth-order valence-electron chi connectivity index (χ4n) is 5.36. The van der Waals surface area contributed by atoms with E-state index in [1.165, 1.54) is 12.1 Å². The minimum atomic E-state index is -0.229. The van der Waals surface area contributed by atoms with Gasteiger partial charge in [-0.2, -0.15) is 9.97 Å². The van der Waals surface area contributed by atoms with E-state index in [9.17, 15) is 4.39 Å². The van der Waals surface area contributed by atoms with Crippen LogP contribution in [0.2, 0.25) is 0 Å². The summed E-state index contributed by atoms with van der Waals surface area (Å²) in [5.41, 5.74) is 0.920. The number of morpholine rings is 1. The summed E-state index contributed by atoms with van der Waals surface area (Å²) in [6, 6.07) is 8.89. The van der Waals surface area contributed by atoms with Crippen LogP contribution in [0.25, 0.3) is 0 Å². The molecule has 0 unspecified atom stereocenters. The van der Waals surface area contributed by atoms with Crippen LogP contribution < -0.4 is 20.4 Å². The molecule has 3 aliphatic rings. The first-order valence-corrected chi connectivity index (χ1v) is 13.8. The van der Waals surface area contributed by atoms with Crippen LogP contribution in [-0.4, -0.2) is 74.2 Å². The zero-order chi connectivity index (χ0) is 25.7. The SMILES string of the molecule is CC1CCN(c2cc(N3CCOCC3)nc(NC(=S)NCC3(c4ccc(F)cc4)CCOCC3)n2)CC1. The molecule has 0 radical (unpaired) electrons. The zero-order valence-electron chi connectivity index (χ0n) is 21.5. The quantitative estimate of drug-likeness (QED) is 0.546. The highest BCUT2D eigenvalue weighted by molar-refractivity contribution is 7.80. The van der Waals surface area contributed by atoms with Gasteiger partial charge < -0.3 is 29.9 Å². The number of hydrogen-bond donors (Lipinski definition) is 2. The maximum Gasteiger partial charge on any atom is 0.232 e. The lowest BCUT2D eigenvalue weighted by Gasteiger charge is -2.38. The molecule has 2 N–H and O–H groups in total. The van der Waals surface area contributed by atoms with Gasteiger partial charge in [0, 0.05) is 57.4 Å². The summed E-state index contributed by atoms with van der Waals surface area (Å²) in [4.78, 5) is 14.3. The van der Waals surface area contributed by atoms with Crippen molar-refractivity contribution in [2.75, 3.05) is 74.3 Å². The van der Waals surface area contributed by atoms with Gasteiger partial charge in [-0.25, -0.2) is 4.39 Å². The number of rotatable bonds is 6. The molecule has 0 bridgehead atoms. The lowest BCUT2D eigenvalue weighted by Crippen LogP contribution is -2.45. The van der Waals surface area contributed by atoms with Crippen LogP contribution in [-0.2, 0) is 14.9 Å². The number of hydrogen-bond acceptors (Lipinski definition) is 7. The maximum absolute atomic E-state index is 13.6. The van der Waals surface area contributed by atoms with Gasteiger partial charge in [0.1, 0.15) is 17.5 Å². The Morgan fingerprint density at radius 3 is 2.22 bits per heavy atom. The van der Waals surface area contributed by atoms with E-state index in [-0.39, 0.29) is 11.2 Å². The average molecular weight is 529 g/mol. The van der Waals surface area contributed by atoms with Crippen LogP contribution in [0.15, 0.2) is 30.3 Å². The molecule has 37 heavy (non-hydrogen) atoms. The van der Waals surface area contributed by atoms with Gasteiger partial charge in [-0.1, -0.05) is 19.1 Å². The average Bonchev–Trinajstić information content (AvgIpc) is 2.93. The van der Waals surface area contributed by atoms with E-state index in [4.69, 9.17) is 31.7 Å². The Balaban J connectivity index is 1.31. The van der Waals surface area contributed by atoms with E-state index in [1.807, 2.05) is 12.1 Å². The van der Waals surface area contributed by atoms with Gasteiger partial charge in [-0.15, -0.1) is 0 Å². The molecule has 3 aliphatic heterocycles. The van der Waals surface area contributed by atoms with E-state index in [2.05, 4.69) is 33.4 Å². The fourth-order valence-corrected chi connectivity index (χ4v) is 5.52. The van der Waals surface area contributed by atoms with Gasteiger partial charge in [-0.3, -0.25) is 0 Å². The predicted molar refractivity (Wildman–Crippen MR) is 148 cm³/mol. The standard InChI is InChI=1S/C27H37FN6O2S/c1-20-6-10-33(11-7-20)23-18-24(34-12-16-36-17-13-34)31-25(30-23)32-26(37)29-19-27(8-14-35-15-9-27)21-2-4-22(28)5-3-21/h2-5,18,20H,6-17,19H2,1H3,(H2,29,30,31,32,37). The van der Waals surface area contributed by atoms with Crippen molar-refractivity contribution in [1.29, 1.82) is 0 Å². The molecule has 4 heterocycles. The molecule has 10 heteroatoms. The number of piperidine rings is 1. The maximum atomic E-state index is 13.6. The first kappa shape index (κ1) is 26.1. The molecule has 3 fully saturated rings. The van der Waals surface area contributed by atoms with E-state index < -0.39 is 0 Å². The lowest BCUT2D eigenvalue weighted by molar-refractivity contribution is 0.0515. The van der Waals surface area contributed by atoms with Crippen LogP contribution in [0.1, 0.15) is 38.2 Å². The molecule has 0 spiro atoms. The Hall–Kier alpha value is -2.56. The van der Waals surface area contributed by atoms with Crippen molar-refractivity contribution >= 4 is 34.9 Å². The summed E-state index contributed by atoms with van der Waals surface area (Å²) >= 11 is 5.70. The van der Waals surface area contributed by atoms with Crippen molar-refractivity contribution in [3.8, 4) is 0 Å². The van der Waals surface area contributed by atoms with Gasteiger partial charge in [0.2, 0.25) is 5.95 Å². The molecule has 1 aromatic heterocycles. The summed E-state index contributed by atoms with van der Waals surface area (Å²) in [6.07, 6.45) is 4.01. The van der Waals surface area contributed by atoms with Crippen LogP contribution in [0.4, 0.5) is 22.0 Å². The zero-order valence-corrected chi connectivity index (χ0v) is 22.4. The highest BCUT2D eigenvalue weighted by Crippen LogP contribution is 2.34. The summed E-state index contributed by atoms with van der Waals surface area (Å²) < 4.78 is 24.8. The van der Waals surface area contributed by atoms with Gasteiger partial charge in [-0.05, 0) is 61.5 Å². The van der Waals surface area contributed by atoms with Crippen molar-refractivity contribution in [2.24, 2.45) is 5.92 Å². The summed E-state index contributed by atoms with van der Waals surface area (Å²) in [7, 11) is 0. The van der Waals surface area contributed by atoms with E-state index in [1.54, 1.807) is 0 Å². The molecule has 3 saturated heterocycles. The van der Waals surface area contributed by atoms with Crippen molar-refractivity contribution in [3.63, 3.8) is 0 Å². The fraction of sp³-hybridized carbons (Fsp3) is 0.593. The number of nitrogens with zero attached hydrogens (tertiary/aromatic N) is 4. The molecule has 8 nitrogen and oxygen atoms in total. The largest absolute Gasteiger partial charge is 0.381 e. The summed E-state index contributed by atoms with van der Waals surface area (Å²) in [5, 5.41) is 7.13. The van der Waals surface area contributed by atoms with Gasteiger partial charge in [0.25, 0.3) is 0 Å². The molecule has 2 aromatic rings. The second-order valence-corrected chi connectivity index (χ2v) is 10.8. The molecule has 0 aliphatic carbocycles. The highest BCUT2D eigenvalue weighted by atomic mass is 32.1. The van der Waals surface area contributed by atoms with Crippen LogP contribution in [0, 0.1) is 11.7 Å². The molecule has 0 amide bonds. The summed E-state index contributed by atoms with van der Waals surface area (Å²) in [6.45, 7) is 9.24. The number of thiocarbonyl (C=S) groups is 1. The molecular weight excluding hydrogens is 491 g/mol. The van der Waals surface area contributed by atoms with Crippen LogP contribution in [0.3, 0.4) is 0 Å². The second kappa shape index (κ2) is 11.9. The predicted octanol–water partition coefficient (Wildman–Crippen LogP) is 3.72. The molecular formula is C27H37FN6O2S. The van der Waals surface area contributed by atoms with Gasteiger partial charge in [0.05, 0.1) is 13.2 Å². The first-order valence-electron chi connectivity index (χ1n) is 13.4. The Kier molecular flexibility index (Phi) is 8.36. The number of halogens is 1. The molecule has 5 rings (SSSR count). The van der Waals surface area contributed by atoms with E-state index in [0.717, 1.165) is 75.0 Å². The van der Waals surface area contributed by atoms with Crippen molar-refractivity contribution in [2.45, 2.75) is 38.0 Å². The van der Waals surface area contributed by atoms with Crippen LogP contribution in [0.5, 0.6) is 0 Å². The number of nitrogens with one attached hydrogen (secondary N) is 2. The minimum Gasteiger partial charge on any atom is -0.381 e. The first-order chi connectivity index (χ1) is 18.0. The van der Waals surface area contributed by atoms with E-state index in [0.29, 0.717) is 44.0 Å². The number of anilines is 3. The smallest absolute Gasteiger partial charge is 0.232 e. The third-order valence-electron chi connectivity index (χ3n) is 7.86. The Bertz CT molecular complexity index is 1050. The number of aromatic nitrogens is 2. The molecule has 0 atom stereocenters. The number of ether oxygens (including phenoxy) is 2. The topological polar surface area (TPSA) is 74.8 Å². The normalized spacial score (nSPS) is 20.5. The van der Waals surface area contributed by atoms with Crippen molar-refractivity contribution in [3.05, 3.63) is 41.7 Å². The lowest BCUT2D eigenvalue weighted by atomic mass is 9.74. The number of benzene rings is 1. The molecule has 1 aromatic carbocycles. The summed E-state index contributed by atoms with van der Waals surface area (Å²) in [5.74, 6) is 2.83. The highest BCUT2D eigenvalue weighted by Gasteiger charge is 2.34. The van der Waals surface area contributed by atoms with Gasteiger partial charge in [0.15, 0.2) is 5.11 Å². The van der Waals surface area contributed by atoms with Crippen molar-refractivity contribution < 1.29 is 13.9 Å². The Morgan fingerprint density at radius 2 is 1.57 bits per heavy atom. The Labute approximate surface area is 223 Å². The second-order valence-electron chi connectivity index (χ2n) is 10.4.